The fraction of sp³-hybridized carbons (Fsp3) is 0.917. The number of guanidine groups is 1. The van der Waals surface area contributed by atoms with Crippen molar-refractivity contribution in [3.63, 3.8) is 0 Å². The summed E-state index contributed by atoms with van der Waals surface area (Å²) in [5.41, 5.74) is 0. The summed E-state index contributed by atoms with van der Waals surface area (Å²) in [6.45, 7) is 8.09. The number of rotatable bonds is 5. The standard InChI is InChI=1S/C12H26N4O2S/c1-10(2)11(3)15-12(13-4)14-6-8-16-7-5-9-19(16,17)18/h10-11H,5-9H2,1-4H3,(H2,13,14,15). The molecule has 0 saturated carbocycles. The summed E-state index contributed by atoms with van der Waals surface area (Å²) in [7, 11) is -1.28. The molecule has 0 spiro atoms. The molecule has 1 rings (SSSR count). The maximum atomic E-state index is 11.6. The molecule has 1 heterocycles. The number of nitrogens with zero attached hydrogens (tertiary/aromatic N) is 2. The first kappa shape index (κ1) is 16.2. The van der Waals surface area contributed by atoms with Gasteiger partial charge >= 0.3 is 0 Å². The van der Waals surface area contributed by atoms with E-state index in [1.54, 1.807) is 11.4 Å². The Morgan fingerprint density at radius 2 is 2.05 bits per heavy atom. The van der Waals surface area contributed by atoms with Crippen molar-refractivity contribution in [1.82, 2.24) is 14.9 Å². The zero-order valence-electron chi connectivity index (χ0n) is 12.3. The van der Waals surface area contributed by atoms with Gasteiger partial charge in [0, 0.05) is 32.7 Å². The fourth-order valence-corrected chi connectivity index (χ4v) is 3.35. The van der Waals surface area contributed by atoms with E-state index in [4.69, 9.17) is 0 Å². The Labute approximate surface area is 116 Å². The Balaban J connectivity index is 2.35. The third kappa shape index (κ3) is 4.99. The normalized spacial score (nSPS) is 21.6. The molecule has 1 fully saturated rings. The minimum absolute atomic E-state index is 0.282. The van der Waals surface area contributed by atoms with Crippen molar-refractivity contribution in [2.75, 3.05) is 32.4 Å². The first-order chi connectivity index (χ1) is 8.86. The van der Waals surface area contributed by atoms with Crippen LogP contribution >= 0.6 is 0 Å². The van der Waals surface area contributed by atoms with Crippen LogP contribution in [-0.2, 0) is 10.0 Å². The van der Waals surface area contributed by atoms with Gasteiger partial charge in [0.05, 0.1) is 5.75 Å². The minimum atomic E-state index is -3.00. The van der Waals surface area contributed by atoms with Crippen molar-refractivity contribution in [3.05, 3.63) is 0 Å². The molecular formula is C12H26N4O2S. The van der Waals surface area contributed by atoms with Gasteiger partial charge in [-0.25, -0.2) is 12.7 Å². The fourth-order valence-electron chi connectivity index (χ4n) is 1.82. The predicted molar refractivity (Wildman–Crippen MR) is 78.8 cm³/mol. The highest BCUT2D eigenvalue weighted by Gasteiger charge is 2.27. The van der Waals surface area contributed by atoms with Crippen LogP contribution in [0.25, 0.3) is 0 Å². The molecule has 112 valence electrons. The molecule has 1 saturated heterocycles. The second-order valence-electron chi connectivity index (χ2n) is 5.24. The van der Waals surface area contributed by atoms with Crippen molar-refractivity contribution in [2.45, 2.75) is 33.2 Å². The smallest absolute Gasteiger partial charge is 0.214 e. The third-order valence-corrected chi connectivity index (χ3v) is 5.40. The summed E-state index contributed by atoms with van der Waals surface area (Å²) >= 11 is 0. The first-order valence-corrected chi connectivity index (χ1v) is 8.42. The van der Waals surface area contributed by atoms with Crippen LogP contribution in [0.5, 0.6) is 0 Å². The summed E-state index contributed by atoms with van der Waals surface area (Å²) in [5, 5.41) is 6.44. The molecule has 0 aliphatic carbocycles. The zero-order valence-corrected chi connectivity index (χ0v) is 13.1. The highest BCUT2D eigenvalue weighted by Crippen LogP contribution is 2.11. The van der Waals surface area contributed by atoms with Gasteiger partial charge in [0.15, 0.2) is 5.96 Å². The highest BCUT2D eigenvalue weighted by atomic mass is 32.2. The molecular weight excluding hydrogens is 264 g/mol. The second-order valence-corrected chi connectivity index (χ2v) is 7.33. The molecule has 1 aliphatic heterocycles. The van der Waals surface area contributed by atoms with Crippen LogP contribution in [-0.4, -0.2) is 57.2 Å². The van der Waals surface area contributed by atoms with Gasteiger partial charge in [-0.05, 0) is 19.3 Å². The van der Waals surface area contributed by atoms with Crippen molar-refractivity contribution < 1.29 is 8.42 Å². The van der Waals surface area contributed by atoms with Crippen molar-refractivity contribution in [2.24, 2.45) is 10.9 Å². The Morgan fingerprint density at radius 1 is 1.37 bits per heavy atom. The van der Waals surface area contributed by atoms with Gasteiger partial charge in [-0.2, -0.15) is 0 Å². The lowest BCUT2D eigenvalue weighted by atomic mass is 10.1. The van der Waals surface area contributed by atoms with Crippen molar-refractivity contribution in [1.29, 1.82) is 0 Å². The van der Waals surface area contributed by atoms with Crippen molar-refractivity contribution >= 4 is 16.0 Å². The predicted octanol–water partition coefficient (Wildman–Crippen LogP) is 0.231. The number of sulfonamides is 1. The van der Waals surface area contributed by atoms with E-state index in [0.717, 1.165) is 12.4 Å². The molecule has 0 amide bonds. The van der Waals surface area contributed by atoms with Crippen molar-refractivity contribution in [3.8, 4) is 0 Å². The summed E-state index contributed by atoms with van der Waals surface area (Å²) < 4.78 is 24.8. The molecule has 0 aromatic heterocycles. The molecule has 0 bridgehead atoms. The largest absolute Gasteiger partial charge is 0.355 e. The zero-order chi connectivity index (χ0) is 14.5. The lowest BCUT2D eigenvalue weighted by Gasteiger charge is -2.21. The molecule has 19 heavy (non-hydrogen) atoms. The summed E-state index contributed by atoms with van der Waals surface area (Å²) in [4.78, 5) is 4.14. The number of hydrogen-bond acceptors (Lipinski definition) is 3. The third-order valence-electron chi connectivity index (χ3n) is 3.44. The lowest BCUT2D eigenvalue weighted by molar-refractivity contribution is 0.441. The minimum Gasteiger partial charge on any atom is -0.355 e. The van der Waals surface area contributed by atoms with Gasteiger partial charge in [0.2, 0.25) is 10.0 Å². The van der Waals surface area contributed by atoms with E-state index in [9.17, 15) is 8.42 Å². The maximum Gasteiger partial charge on any atom is 0.214 e. The molecule has 0 aromatic rings. The average molecular weight is 290 g/mol. The van der Waals surface area contributed by atoms with Gasteiger partial charge in [-0.15, -0.1) is 0 Å². The van der Waals surface area contributed by atoms with Crippen LogP contribution in [0.15, 0.2) is 4.99 Å². The Hall–Kier alpha value is -0.820. The Kier molecular flexibility index (Phi) is 6.06. The molecule has 7 heteroatoms. The topological polar surface area (TPSA) is 73.8 Å². The average Bonchev–Trinajstić information content (AvgIpc) is 2.67. The van der Waals surface area contributed by atoms with E-state index >= 15 is 0 Å². The van der Waals surface area contributed by atoms with Gasteiger partial charge in [-0.3, -0.25) is 4.99 Å². The lowest BCUT2D eigenvalue weighted by Crippen LogP contribution is -2.46. The van der Waals surface area contributed by atoms with Crippen LogP contribution in [0.3, 0.4) is 0 Å². The Bertz CT molecular complexity index is 406. The van der Waals surface area contributed by atoms with E-state index in [2.05, 4.69) is 36.4 Å². The molecule has 1 unspecified atom stereocenters. The van der Waals surface area contributed by atoms with Gasteiger partial charge < -0.3 is 10.6 Å². The molecule has 6 nitrogen and oxygen atoms in total. The van der Waals surface area contributed by atoms with E-state index in [0.29, 0.717) is 31.6 Å². The second kappa shape index (κ2) is 7.09. The summed E-state index contributed by atoms with van der Waals surface area (Å²) in [5.74, 6) is 1.51. The summed E-state index contributed by atoms with van der Waals surface area (Å²) in [6, 6.07) is 0.321. The maximum absolute atomic E-state index is 11.6. The number of aliphatic imine (C=N–C) groups is 1. The monoisotopic (exact) mass is 290 g/mol. The van der Waals surface area contributed by atoms with Crippen LogP contribution < -0.4 is 10.6 Å². The molecule has 1 aliphatic rings. The van der Waals surface area contributed by atoms with Crippen LogP contribution in [0.4, 0.5) is 0 Å². The van der Waals surface area contributed by atoms with Gasteiger partial charge in [-0.1, -0.05) is 13.8 Å². The van der Waals surface area contributed by atoms with Crippen LogP contribution in [0.2, 0.25) is 0 Å². The van der Waals surface area contributed by atoms with E-state index in [1.807, 2.05) is 0 Å². The quantitative estimate of drug-likeness (QED) is 0.561. The van der Waals surface area contributed by atoms with Crippen LogP contribution in [0, 0.1) is 5.92 Å². The first-order valence-electron chi connectivity index (χ1n) is 6.82. The number of hydrogen-bond donors (Lipinski definition) is 2. The molecule has 1 atom stereocenters. The molecule has 0 aromatic carbocycles. The van der Waals surface area contributed by atoms with E-state index < -0.39 is 10.0 Å². The Morgan fingerprint density at radius 3 is 2.53 bits per heavy atom. The van der Waals surface area contributed by atoms with Crippen LogP contribution in [0.1, 0.15) is 27.2 Å². The molecule has 2 N–H and O–H groups in total. The van der Waals surface area contributed by atoms with Gasteiger partial charge in [0.1, 0.15) is 0 Å². The molecule has 0 radical (unpaired) electrons. The van der Waals surface area contributed by atoms with Gasteiger partial charge in [0.25, 0.3) is 0 Å². The SMILES string of the molecule is CN=C(NCCN1CCCS1(=O)=O)NC(C)C(C)C. The van der Waals surface area contributed by atoms with E-state index in [-0.39, 0.29) is 5.75 Å². The highest BCUT2D eigenvalue weighted by molar-refractivity contribution is 7.89. The number of nitrogens with one attached hydrogen (secondary N) is 2. The summed E-state index contributed by atoms with van der Waals surface area (Å²) in [6.07, 6.45) is 0.736. The van der Waals surface area contributed by atoms with E-state index in [1.165, 1.54) is 0 Å².